The van der Waals surface area contributed by atoms with Gasteiger partial charge < -0.3 is 14.8 Å². The summed E-state index contributed by atoms with van der Waals surface area (Å²) >= 11 is 0. The maximum atomic E-state index is 13.0. The fourth-order valence-corrected chi connectivity index (χ4v) is 4.43. The molecule has 1 saturated carbocycles. The number of fused-ring (bicyclic) bond motifs is 2. The zero-order valence-electron chi connectivity index (χ0n) is 18.2. The third kappa shape index (κ3) is 5.01. The minimum Gasteiger partial charge on any atom is -0.491 e. The molecule has 1 N–H and O–H groups in total. The quantitative estimate of drug-likeness (QED) is 0.712. The summed E-state index contributed by atoms with van der Waals surface area (Å²) in [6.07, 6.45) is -0.150. The highest BCUT2D eigenvalue weighted by Gasteiger charge is 2.33. The van der Waals surface area contributed by atoms with E-state index in [1.807, 2.05) is 4.68 Å². The van der Waals surface area contributed by atoms with Gasteiger partial charge in [0.1, 0.15) is 12.4 Å². The number of ether oxygens (including phenoxy) is 2. The van der Waals surface area contributed by atoms with Crippen molar-refractivity contribution in [3.63, 3.8) is 0 Å². The van der Waals surface area contributed by atoms with E-state index < -0.39 is 17.8 Å². The number of alkyl halides is 3. The highest BCUT2D eigenvalue weighted by Crippen LogP contribution is 2.34. The summed E-state index contributed by atoms with van der Waals surface area (Å²) in [5.74, 6) is 0.0770. The summed E-state index contributed by atoms with van der Waals surface area (Å²) in [6.45, 7) is 4.01. The molecule has 2 aromatic rings. The largest absolute Gasteiger partial charge is 0.491 e. The molecule has 1 amide bonds. The zero-order chi connectivity index (χ0) is 23.0. The normalized spacial score (nSPS) is 21.0. The van der Waals surface area contributed by atoms with Gasteiger partial charge in [-0.3, -0.25) is 14.4 Å². The number of benzene rings is 1. The molecule has 1 aromatic carbocycles. The second kappa shape index (κ2) is 8.98. The number of nitrogens with one attached hydrogen (secondary N) is 1. The Morgan fingerprint density at radius 2 is 2.09 bits per heavy atom. The van der Waals surface area contributed by atoms with Crippen LogP contribution in [0.4, 0.5) is 13.2 Å². The molecule has 1 aliphatic carbocycles. The number of hydrogen-bond donors (Lipinski definition) is 1. The van der Waals surface area contributed by atoms with E-state index in [4.69, 9.17) is 9.47 Å². The molecule has 0 radical (unpaired) electrons. The van der Waals surface area contributed by atoms with Crippen LogP contribution in [0.2, 0.25) is 0 Å². The van der Waals surface area contributed by atoms with E-state index in [1.54, 1.807) is 6.07 Å². The molecule has 2 aliphatic heterocycles. The maximum absolute atomic E-state index is 13.0. The smallest absolute Gasteiger partial charge is 0.416 e. The fraction of sp³-hybridized carbons (Fsp3) is 0.565. The molecule has 1 fully saturated rings. The van der Waals surface area contributed by atoms with Crippen molar-refractivity contribution >= 4 is 5.91 Å². The van der Waals surface area contributed by atoms with Crippen molar-refractivity contribution in [2.45, 2.75) is 57.1 Å². The third-order valence-corrected chi connectivity index (χ3v) is 6.55. The fourth-order valence-electron chi connectivity index (χ4n) is 4.43. The van der Waals surface area contributed by atoms with E-state index in [-0.39, 0.29) is 18.9 Å². The maximum Gasteiger partial charge on any atom is 0.416 e. The van der Waals surface area contributed by atoms with Gasteiger partial charge in [0.15, 0.2) is 5.69 Å². The van der Waals surface area contributed by atoms with E-state index >= 15 is 0 Å². The lowest BCUT2D eigenvalue weighted by Crippen LogP contribution is -2.43. The first-order valence-corrected chi connectivity index (χ1v) is 11.4. The van der Waals surface area contributed by atoms with Crippen molar-refractivity contribution in [3.05, 3.63) is 46.8 Å². The molecule has 3 heterocycles. The van der Waals surface area contributed by atoms with Gasteiger partial charge >= 0.3 is 6.18 Å². The summed E-state index contributed by atoms with van der Waals surface area (Å²) in [7, 11) is 0. The average molecular weight is 464 g/mol. The Morgan fingerprint density at radius 1 is 1.24 bits per heavy atom. The molecule has 10 heteroatoms. The van der Waals surface area contributed by atoms with Crippen molar-refractivity contribution in [2.75, 3.05) is 26.3 Å². The molecule has 1 aromatic heterocycles. The van der Waals surface area contributed by atoms with Crippen LogP contribution in [-0.2, 0) is 30.4 Å². The van der Waals surface area contributed by atoms with Crippen LogP contribution in [-0.4, -0.2) is 59.0 Å². The molecule has 0 bridgehead atoms. The van der Waals surface area contributed by atoms with E-state index in [9.17, 15) is 18.0 Å². The number of amides is 1. The standard InChI is InChI=1S/C23H27F3N4O3/c24-23(25,26)16-4-5-21-15(10-16)11-17(14-33-21)27-22(31)20-12-18-13-29(6-7-30(18)28-20)8-9-32-19-2-1-3-19/h4-5,10,12,17,19H,1-3,6-9,11,13-14H2,(H,27,31). The molecular weight excluding hydrogens is 437 g/mol. The van der Waals surface area contributed by atoms with Gasteiger partial charge in [-0.25, -0.2) is 0 Å². The van der Waals surface area contributed by atoms with Crippen molar-refractivity contribution in [2.24, 2.45) is 0 Å². The van der Waals surface area contributed by atoms with E-state index in [2.05, 4.69) is 15.3 Å². The number of hydrogen-bond acceptors (Lipinski definition) is 5. The van der Waals surface area contributed by atoms with Crippen molar-refractivity contribution < 1.29 is 27.4 Å². The van der Waals surface area contributed by atoms with E-state index in [1.165, 1.54) is 12.5 Å². The van der Waals surface area contributed by atoms with Crippen LogP contribution in [0.5, 0.6) is 5.75 Å². The lowest BCUT2D eigenvalue weighted by molar-refractivity contribution is -0.137. The first-order valence-electron chi connectivity index (χ1n) is 11.4. The lowest BCUT2D eigenvalue weighted by atomic mass is 9.96. The Bertz CT molecular complexity index is 1020. The second-order valence-corrected chi connectivity index (χ2v) is 8.95. The number of carbonyl (C=O) groups excluding carboxylic acids is 1. The number of carbonyl (C=O) groups is 1. The number of aromatic nitrogens is 2. The molecular formula is C23H27F3N4O3. The Kier molecular flexibility index (Phi) is 6.05. The minimum absolute atomic E-state index is 0.201. The van der Waals surface area contributed by atoms with Crippen LogP contribution in [0, 0.1) is 0 Å². The highest BCUT2D eigenvalue weighted by molar-refractivity contribution is 5.92. The van der Waals surface area contributed by atoms with E-state index in [0.29, 0.717) is 42.8 Å². The molecule has 33 heavy (non-hydrogen) atoms. The van der Waals surface area contributed by atoms with Gasteiger partial charge in [-0.15, -0.1) is 0 Å². The van der Waals surface area contributed by atoms with Crippen molar-refractivity contribution in [1.82, 2.24) is 20.0 Å². The Hall–Kier alpha value is -2.59. The van der Waals surface area contributed by atoms with Crippen molar-refractivity contribution in [3.8, 4) is 5.75 Å². The van der Waals surface area contributed by atoms with Crippen LogP contribution in [0.25, 0.3) is 0 Å². The molecule has 1 unspecified atom stereocenters. The average Bonchev–Trinajstić information content (AvgIpc) is 3.18. The van der Waals surface area contributed by atoms with Crippen LogP contribution in [0.1, 0.15) is 46.6 Å². The minimum atomic E-state index is -4.42. The van der Waals surface area contributed by atoms with Gasteiger partial charge in [-0.05, 0) is 55.5 Å². The number of halogens is 3. The Morgan fingerprint density at radius 3 is 2.85 bits per heavy atom. The Balaban J connectivity index is 1.17. The van der Waals surface area contributed by atoms with Gasteiger partial charge in [0.05, 0.1) is 36.6 Å². The SMILES string of the molecule is O=C(NC1COc2ccc(C(F)(F)F)cc2C1)c1cc2n(n1)CCN(CCOC1CCC1)C2. The third-order valence-electron chi connectivity index (χ3n) is 6.55. The monoisotopic (exact) mass is 464 g/mol. The summed E-state index contributed by atoms with van der Waals surface area (Å²) in [6, 6.07) is 4.80. The molecule has 5 rings (SSSR count). The second-order valence-electron chi connectivity index (χ2n) is 8.95. The lowest BCUT2D eigenvalue weighted by Gasteiger charge is -2.30. The summed E-state index contributed by atoms with van der Waals surface area (Å²) in [5, 5.41) is 7.29. The summed E-state index contributed by atoms with van der Waals surface area (Å²) in [4.78, 5) is 15.1. The predicted octanol–water partition coefficient (Wildman–Crippen LogP) is 3.02. The van der Waals surface area contributed by atoms with Crippen LogP contribution >= 0.6 is 0 Å². The van der Waals surface area contributed by atoms with Gasteiger partial charge in [0.2, 0.25) is 0 Å². The molecule has 0 spiro atoms. The van der Waals surface area contributed by atoms with Gasteiger partial charge in [0.25, 0.3) is 5.91 Å². The van der Waals surface area contributed by atoms with Gasteiger partial charge in [-0.2, -0.15) is 18.3 Å². The van der Waals surface area contributed by atoms with Gasteiger partial charge in [0, 0.05) is 19.6 Å². The van der Waals surface area contributed by atoms with Crippen LogP contribution in [0.15, 0.2) is 24.3 Å². The first kappa shape index (κ1) is 22.2. The van der Waals surface area contributed by atoms with E-state index in [0.717, 1.165) is 43.8 Å². The van der Waals surface area contributed by atoms with Gasteiger partial charge in [-0.1, -0.05) is 0 Å². The summed E-state index contributed by atoms with van der Waals surface area (Å²) in [5.41, 5.74) is 0.994. The van der Waals surface area contributed by atoms with Crippen LogP contribution in [0.3, 0.4) is 0 Å². The Labute approximate surface area is 189 Å². The molecule has 178 valence electrons. The predicted molar refractivity (Wildman–Crippen MR) is 113 cm³/mol. The molecule has 1 atom stereocenters. The zero-order valence-corrected chi connectivity index (χ0v) is 18.2. The highest BCUT2D eigenvalue weighted by atomic mass is 19.4. The number of nitrogens with zero attached hydrogens (tertiary/aromatic N) is 3. The number of rotatable bonds is 6. The molecule has 0 saturated heterocycles. The molecule has 3 aliphatic rings. The van der Waals surface area contributed by atoms with Crippen LogP contribution < -0.4 is 10.1 Å². The van der Waals surface area contributed by atoms with Crippen molar-refractivity contribution in [1.29, 1.82) is 0 Å². The summed E-state index contributed by atoms with van der Waals surface area (Å²) < 4.78 is 52.3. The molecule has 7 nitrogen and oxygen atoms in total. The topological polar surface area (TPSA) is 68.6 Å². The first-order chi connectivity index (χ1) is 15.8.